The van der Waals surface area contributed by atoms with Crippen molar-refractivity contribution in [2.75, 3.05) is 65.0 Å². The number of anilines is 1. The minimum absolute atomic E-state index is 0.164. The maximum absolute atomic E-state index is 13.9. The topological polar surface area (TPSA) is 218 Å². The van der Waals surface area contributed by atoms with Crippen molar-refractivity contribution in [3.63, 3.8) is 0 Å². The largest absolute Gasteiger partial charge is 0.494 e. The zero-order chi connectivity index (χ0) is 54.9. The Hall–Kier alpha value is -7.06. The van der Waals surface area contributed by atoms with Crippen LogP contribution in [0.5, 0.6) is 5.75 Å². The number of aryl methyl sites for hydroxylation is 1. The second-order valence-corrected chi connectivity index (χ2v) is 22.2. The van der Waals surface area contributed by atoms with Crippen LogP contribution in [0.15, 0.2) is 103 Å². The number of unbranched alkanes of at least 4 members (excludes halogenated alkanes) is 2. The van der Waals surface area contributed by atoms with Crippen LogP contribution in [-0.2, 0) is 42.5 Å². The first-order valence-electron chi connectivity index (χ1n) is 27.2. The van der Waals surface area contributed by atoms with Gasteiger partial charge in [0.05, 0.1) is 28.2 Å². The average Bonchev–Trinajstić information content (AvgIpc) is 4.29. The Labute approximate surface area is 461 Å². The highest BCUT2D eigenvalue weighted by molar-refractivity contribution is 7.13. The van der Waals surface area contributed by atoms with E-state index >= 15 is 0 Å². The van der Waals surface area contributed by atoms with Crippen molar-refractivity contribution >= 4 is 40.7 Å². The highest BCUT2D eigenvalue weighted by atomic mass is 32.1. The molecule has 2 aliphatic heterocycles. The molecule has 2 aliphatic rings. The lowest BCUT2D eigenvalue weighted by molar-refractivity contribution is -0.144. The van der Waals surface area contributed by atoms with Crippen LogP contribution >= 0.6 is 11.3 Å². The van der Waals surface area contributed by atoms with Crippen molar-refractivity contribution in [2.24, 2.45) is 5.41 Å². The third-order valence-corrected chi connectivity index (χ3v) is 15.3. The van der Waals surface area contributed by atoms with E-state index < -0.39 is 23.0 Å². The minimum Gasteiger partial charge on any atom is -0.494 e. The SMILES string of the molecule is Cc1ncsc1-c1ccc(CNC(=O)[C@@H]2CCCN2C(=O)[C@@H](NC(=O)COCCCOCCCCCOc2ccc(CNC(=O)c3cccc(NC4(c5nnc(-c6ccncc6)[nH]5)CCN(C)CC4)c3)cc2)C(C)(C)C)cc1. The summed E-state index contributed by atoms with van der Waals surface area (Å²) in [6.07, 6.45) is 9.72. The molecule has 2 saturated heterocycles. The molecule has 5 N–H and O–H groups in total. The van der Waals surface area contributed by atoms with Crippen molar-refractivity contribution in [3.05, 3.63) is 131 Å². The number of rotatable bonds is 26. The van der Waals surface area contributed by atoms with Gasteiger partial charge in [-0.3, -0.25) is 24.2 Å². The molecule has 2 atom stereocenters. The van der Waals surface area contributed by atoms with Gasteiger partial charge >= 0.3 is 0 Å². The van der Waals surface area contributed by atoms with E-state index in [9.17, 15) is 19.2 Å². The number of carbonyl (C=O) groups excluding carboxylic acids is 4. The molecule has 4 amide bonds. The average molecular weight is 1080 g/mol. The van der Waals surface area contributed by atoms with E-state index in [0.717, 1.165) is 95.3 Å². The lowest BCUT2D eigenvalue weighted by atomic mass is 9.85. The van der Waals surface area contributed by atoms with E-state index in [1.54, 1.807) is 28.6 Å². The van der Waals surface area contributed by atoms with Gasteiger partial charge in [0.2, 0.25) is 17.7 Å². The van der Waals surface area contributed by atoms with Crippen LogP contribution in [0, 0.1) is 12.3 Å². The summed E-state index contributed by atoms with van der Waals surface area (Å²) in [5, 5.41) is 21.8. The summed E-state index contributed by atoms with van der Waals surface area (Å²) in [4.78, 5) is 70.7. The smallest absolute Gasteiger partial charge is 0.251 e. The van der Waals surface area contributed by atoms with E-state index in [1.165, 1.54) is 0 Å². The molecule has 19 heteroatoms. The van der Waals surface area contributed by atoms with Crippen molar-refractivity contribution in [2.45, 2.75) is 110 Å². The number of thiazole rings is 1. The molecule has 0 spiro atoms. The van der Waals surface area contributed by atoms with Crippen molar-refractivity contribution in [1.82, 2.24) is 50.9 Å². The van der Waals surface area contributed by atoms with Gasteiger partial charge in [-0.1, -0.05) is 63.2 Å². The summed E-state index contributed by atoms with van der Waals surface area (Å²) in [7, 11) is 2.12. The maximum atomic E-state index is 13.9. The number of aromatic nitrogens is 5. The highest BCUT2D eigenvalue weighted by Gasteiger charge is 2.42. The minimum atomic E-state index is -0.824. The number of hydrogen-bond acceptors (Lipinski definition) is 14. The Balaban J connectivity index is 0.666. The van der Waals surface area contributed by atoms with Gasteiger partial charge in [-0.05, 0) is 130 Å². The Bertz CT molecular complexity index is 2880. The first kappa shape index (κ1) is 57.1. The number of piperidine rings is 1. The number of amides is 4. The van der Waals surface area contributed by atoms with E-state index in [4.69, 9.17) is 14.2 Å². The summed E-state index contributed by atoms with van der Waals surface area (Å²) in [6, 6.07) is 25.8. The van der Waals surface area contributed by atoms with Gasteiger partial charge in [0.15, 0.2) is 11.6 Å². The fourth-order valence-electron chi connectivity index (χ4n) is 9.72. The first-order valence-corrected chi connectivity index (χ1v) is 28.1. The van der Waals surface area contributed by atoms with Crippen LogP contribution < -0.4 is 26.0 Å². The maximum Gasteiger partial charge on any atom is 0.251 e. The number of pyridine rings is 1. The molecule has 6 aromatic rings. The Kier molecular flexibility index (Phi) is 20.1. The lowest BCUT2D eigenvalue weighted by Gasteiger charge is -2.40. The van der Waals surface area contributed by atoms with Crippen LogP contribution in [0.3, 0.4) is 0 Å². The second-order valence-electron chi connectivity index (χ2n) is 21.3. The number of hydrogen-bond donors (Lipinski definition) is 5. The van der Waals surface area contributed by atoms with Gasteiger partial charge in [0, 0.05) is 81.8 Å². The van der Waals surface area contributed by atoms with E-state index in [2.05, 4.69) is 58.4 Å². The lowest BCUT2D eigenvalue weighted by Crippen LogP contribution is -2.58. The zero-order valence-corrected chi connectivity index (χ0v) is 46.5. The number of ether oxygens (including phenoxy) is 3. The Morgan fingerprint density at radius 1 is 0.808 bits per heavy atom. The molecule has 0 unspecified atom stereocenters. The third kappa shape index (κ3) is 15.8. The summed E-state index contributed by atoms with van der Waals surface area (Å²) in [6.45, 7) is 12.5. The van der Waals surface area contributed by atoms with Crippen LogP contribution in [0.4, 0.5) is 5.69 Å². The van der Waals surface area contributed by atoms with Gasteiger partial charge in [-0.25, -0.2) is 4.98 Å². The Morgan fingerprint density at radius 2 is 1.51 bits per heavy atom. The molecule has 3 aromatic carbocycles. The van der Waals surface area contributed by atoms with Gasteiger partial charge in [-0.15, -0.1) is 21.5 Å². The normalized spacial score (nSPS) is 15.9. The predicted octanol–water partition coefficient (Wildman–Crippen LogP) is 8.07. The standard InChI is InChI=1S/C59H75N11O7S/c1-41-51(78-40-63-41)44-19-15-42(16-20-44)38-62-55(73)49-14-10-29-70(49)56(74)52(58(2,3)4)64-50(71)39-76-34-11-33-75-32-7-6-8-35-77-48-21-17-43(18-22-48)37-61-54(72)46-12-9-13-47(36-46)66-59(25-30-69(5)31-26-59)57-65-53(67-68-57)45-23-27-60-28-24-45/h9,12-13,15-24,27-28,36,40,49,52,66H,6-8,10-11,14,25-26,29-35,37-39H2,1-5H3,(H,61,72)(H,62,73)(H,64,71)(H,65,67,68)/t49-,52+/m0/s1. The molecule has 414 valence electrons. The van der Waals surface area contributed by atoms with Gasteiger partial charge in [0.1, 0.15) is 24.4 Å². The number of nitrogens with one attached hydrogen (secondary N) is 5. The fourth-order valence-corrected chi connectivity index (χ4v) is 10.5. The molecule has 8 rings (SSSR count). The van der Waals surface area contributed by atoms with Gasteiger partial charge in [0.25, 0.3) is 5.91 Å². The second kappa shape index (κ2) is 27.5. The molecule has 0 radical (unpaired) electrons. The molecule has 5 heterocycles. The molecule has 0 bridgehead atoms. The molecule has 3 aromatic heterocycles. The van der Waals surface area contributed by atoms with Crippen molar-refractivity contribution < 1.29 is 33.4 Å². The van der Waals surface area contributed by atoms with E-state index in [1.807, 2.05) is 118 Å². The quantitative estimate of drug-likeness (QED) is 0.0325. The van der Waals surface area contributed by atoms with Crippen molar-refractivity contribution in [3.8, 4) is 27.6 Å². The van der Waals surface area contributed by atoms with Crippen LogP contribution in [-0.4, -0.2) is 130 Å². The monoisotopic (exact) mass is 1080 g/mol. The number of H-pyrrole nitrogens is 1. The molecule has 18 nitrogen and oxygen atoms in total. The van der Waals surface area contributed by atoms with E-state index in [-0.39, 0.29) is 30.2 Å². The molecular formula is C59H75N11O7S. The molecule has 0 saturated carbocycles. The summed E-state index contributed by atoms with van der Waals surface area (Å²) < 4.78 is 17.4. The van der Waals surface area contributed by atoms with Crippen LogP contribution in [0.1, 0.15) is 105 Å². The van der Waals surface area contributed by atoms with Crippen LogP contribution in [0.25, 0.3) is 21.8 Å². The number of carbonyl (C=O) groups is 4. The third-order valence-electron chi connectivity index (χ3n) is 14.3. The molecule has 78 heavy (non-hydrogen) atoms. The number of likely N-dealkylation sites (tertiary alicyclic amines) is 2. The highest BCUT2D eigenvalue weighted by Crippen LogP contribution is 2.36. The van der Waals surface area contributed by atoms with Gasteiger partial charge in [-0.2, -0.15) is 0 Å². The number of nitrogens with zero attached hydrogens (tertiary/aromatic N) is 6. The molecular weight excluding hydrogens is 1010 g/mol. The Morgan fingerprint density at radius 3 is 2.24 bits per heavy atom. The van der Waals surface area contributed by atoms with Gasteiger partial charge < -0.3 is 50.3 Å². The summed E-state index contributed by atoms with van der Waals surface area (Å²) >= 11 is 1.60. The molecule has 0 aliphatic carbocycles. The fraction of sp³-hybridized carbons (Fsp3) is 0.458. The number of benzene rings is 3. The zero-order valence-electron chi connectivity index (χ0n) is 45.6. The number of aromatic amines is 1. The predicted molar refractivity (Wildman–Crippen MR) is 302 cm³/mol. The van der Waals surface area contributed by atoms with Crippen molar-refractivity contribution in [1.29, 1.82) is 0 Å². The van der Waals surface area contributed by atoms with E-state index in [0.29, 0.717) is 76.7 Å². The molecule has 2 fully saturated rings. The summed E-state index contributed by atoms with van der Waals surface area (Å²) in [5.41, 5.74) is 7.08. The summed E-state index contributed by atoms with van der Waals surface area (Å²) in [5.74, 6) is 1.22. The first-order chi connectivity index (χ1) is 37.7. The van der Waals surface area contributed by atoms with Crippen LogP contribution in [0.2, 0.25) is 0 Å².